The van der Waals surface area contributed by atoms with E-state index in [0.717, 1.165) is 11.1 Å². The van der Waals surface area contributed by atoms with Crippen LogP contribution in [0.15, 0.2) is 41.5 Å². The number of carbonyl (C=O) groups is 1. The van der Waals surface area contributed by atoms with Gasteiger partial charge in [0.25, 0.3) is 5.56 Å². The number of aromatic nitrogens is 4. The van der Waals surface area contributed by atoms with Crippen molar-refractivity contribution in [1.29, 1.82) is 0 Å². The Morgan fingerprint density at radius 3 is 2.62 bits per heavy atom. The summed E-state index contributed by atoms with van der Waals surface area (Å²) in [6.45, 7) is 3.89. The second-order valence-corrected chi connectivity index (χ2v) is 6.00. The molecule has 0 radical (unpaired) electrons. The van der Waals surface area contributed by atoms with Crippen LogP contribution in [0.2, 0.25) is 0 Å². The minimum atomic E-state index is -0.345. The lowest BCUT2D eigenvalue weighted by Crippen LogP contribution is -2.37. The first-order valence-corrected chi connectivity index (χ1v) is 8.24. The van der Waals surface area contributed by atoms with E-state index in [4.69, 9.17) is 0 Å². The van der Waals surface area contributed by atoms with Gasteiger partial charge in [0.15, 0.2) is 0 Å². The zero-order valence-electron chi connectivity index (χ0n) is 14.9. The lowest BCUT2D eigenvalue weighted by Gasteiger charge is -2.15. The Kier molecular flexibility index (Phi) is 4.92. The molecule has 0 fully saturated rings. The third kappa shape index (κ3) is 3.53. The van der Waals surface area contributed by atoms with Gasteiger partial charge in [-0.25, -0.2) is 9.48 Å². The second-order valence-electron chi connectivity index (χ2n) is 6.00. The topological polar surface area (TPSA) is 102 Å². The van der Waals surface area contributed by atoms with Gasteiger partial charge in [0.2, 0.25) is 0 Å². The van der Waals surface area contributed by atoms with E-state index in [-0.39, 0.29) is 24.2 Å². The summed E-state index contributed by atoms with van der Waals surface area (Å²) < 4.78 is 1.28. The summed E-state index contributed by atoms with van der Waals surface area (Å²) in [6, 6.07) is 6.59. The normalized spacial score (nSPS) is 12.0. The Hall–Kier alpha value is -3.29. The van der Waals surface area contributed by atoms with E-state index in [2.05, 4.69) is 25.7 Å². The average molecular weight is 352 g/mol. The van der Waals surface area contributed by atoms with Crippen molar-refractivity contribution in [3.05, 3.63) is 64.1 Å². The van der Waals surface area contributed by atoms with Crippen molar-refractivity contribution in [3.8, 4) is 0 Å². The number of nitrogens with zero attached hydrogens (tertiary/aromatic N) is 4. The molecule has 0 aliphatic heterocycles. The van der Waals surface area contributed by atoms with Crippen LogP contribution in [-0.4, -0.2) is 25.8 Å². The first-order chi connectivity index (χ1) is 12.5. The second kappa shape index (κ2) is 7.30. The van der Waals surface area contributed by atoms with Gasteiger partial charge in [0, 0.05) is 24.8 Å². The molecule has 2 heterocycles. The number of aryl methyl sites for hydroxylation is 2. The first-order valence-electron chi connectivity index (χ1n) is 8.24. The third-order valence-corrected chi connectivity index (χ3v) is 4.13. The first kappa shape index (κ1) is 17.5. The Bertz CT molecular complexity index is 1010. The van der Waals surface area contributed by atoms with Crippen LogP contribution in [0.25, 0.3) is 10.8 Å². The molecule has 2 amide bonds. The number of nitrogens with one attached hydrogen (secondary N) is 2. The van der Waals surface area contributed by atoms with Crippen molar-refractivity contribution < 1.29 is 4.79 Å². The molecule has 0 saturated carbocycles. The van der Waals surface area contributed by atoms with E-state index in [1.54, 1.807) is 31.6 Å². The SMILES string of the molecule is Cc1nccnc1C(C)NC(=O)NCc1nn(C)c(=O)c2ccccc12. The summed E-state index contributed by atoms with van der Waals surface area (Å²) >= 11 is 0. The maximum absolute atomic E-state index is 12.2. The van der Waals surface area contributed by atoms with Gasteiger partial charge < -0.3 is 10.6 Å². The number of amides is 2. The van der Waals surface area contributed by atoms with Crippen LogP contribution in [0, 0.1) is 6.92 Å². The largest absolute Gasteiger partial charge is 0.332 e. The van der Waals surface area contributed by atoms with Gasteiger partial charge in [0.05, 0.1) is 35.1 Å². The van der Waals surface area contributed by atoms with E-state index < -0.39 is 0 Å². The average Bonchev–Trinajstić information content (AvgIpc) is 2.64. The van der Waals surface area contributed by atoms with Gasteiger partial charge in [-0.05, 0) is 19.9 Å². The molecule has 8 nitrogen and oxygen atoms in total. The molecule has 3 rings (SSSR count). The predicted octanol–water partition coefficient (Wildman–Crippen LogP) is 1.59. The molecule has 0 bridgehead atoms. The number of carbonyl (C=O) groups excluding carboxylic acids is 1. The number of benzene rings is 1. The molecule has 8 heteroatoms. The van der Waals surface area contributed by atoms with Gasteiger partial charge in [-0.15, -0.1) is 0 Å². The fourth-order valence-electron chi connectivity index (χ4n) is 2.83. The quantitative estimate of drug-likeness (QED) is 0.742. The molecule has 26 heavy (non-hydrogen) atoms. The molecule has 0 aliphatic carbocycles. The Balaban J connectivity index is 1.72. The van der Waals surface area contributed by atoms with Gasteiger partial charge in [-0.1, -0.05) is 18.2 Å². The Morgan fingerprint density at radius 2 is 1.88 bits per heavy atom. The van der Waals surface area contributed by atoms with Crippen LogP contribution in [0.1, 0.15) is 30.0 Å². The predicted molar refractivity (Wildman–Crippen MR) is 97.5 cm³/mol. The summed E-state index contributed by atoms with van der Waals surface area (Å²) in [7, 11) is 1.59. The van der Waals surface area contributed by atoms with Crippen LogP contribution in [-0.2, 0) is 13.6 Å². The van der Waals surface area contributed by atoms with Crippen molar-refractivity contribution in [1.82, 2.24) is 30.4 Å². The lowest BCUT2D eigenvalue weighted by molar-refractivity contribution is 0.237. The van der Waals surface area contributed by atoms with Crippen molar-refractivity contribution >= 4 is 16.8 Å². The lowest BCUT2D eigenvalue weighted by atomic mass is 10.1. The molecule has 1 aromatic carbocycles. The van der Waals surface area contributed by atoms with Gasteiger partial charge in [-0.3, -0.25) is 14.8 Å². The molecular weight excluding hydrogens is 332 g/mol. The van der Waals surface area contributed by atoms with Crippen LogP contribution in [0.4, 0.5) is 4.79 Å². The van der Waals surface area contributed by atoms with Crippen molar-refractivity contribution in [2.75, 3.05) is 0 Å². The maximum atomic E-state index is 12.2. The standard InChI is InChI=1S/C18H20N6O2/c1-11-16(20-9-8-19-11)12(2)22-18(26)21-10-15-13-6-4-5-7-14(13)17(25)24(3)23-15/h4-9,12H,10H2,1-3H3,(H2,21,22,26). The van der Waals surface area contributed by atoms with Crippen molar-refractivity contribution in [3.63, 3.8) is 0 Å². The maximum Gasteiger partial charge on any atom is 0.315 e. The minimum absolute atomic E-state index is 0.166. The summed E-state index contributed by atoms with van der Waals surface area (Å²) in [6.07, 6.45) is 3.21. The van der Waals surface area contributed by atoms with E-state index >= 15 is 0 Å². The molecule has 2 N–H and O–H groups in total. The van der Waals surface area contributed by atoms with Crippen LogP contribution in [0.5, 0.6) is 0 Å². The summed E-state index contributed by atoms with van der Waals surface area (Å²) in [5.41, 5.74) is 1.95. The molecule has 1 atom stereocenters. The third-order valence-electron chi connectivity index (χ3n) is 4.13. The van der Waals surface area contributed by atoms with Crippen LogP contribution in [0.3, 0.4) is 0 Å². The van der Waals surface area contributed by atoms with Crippen LogP contribution >= 0.6 is 0 Å². The highest BCUT2D eigenvalue weighted by molar-refractivity contribution is 5.84. The molecule has 0 spiro atoms. The number of urea groups is 1. The molecule has 134 valence electrons. The van der Waals surface area contributed by atoms with Crippen LogP contribution < -0.4 is 16.2 Å². The Morgan fingerprint density at radius 1 is 1.19 bits per heavy atom. The monoisotopic (exact) mass is 352 g/mol. The summed E-state index contributed by atoms with van der Waals surface area (Å²) in [5.74, 6) is 0. The highest BCUT2D eigenvalue weighted by atomic mass is 16.2. The van der Waals surface area contributed by atoms with E-state index in [9.17, 15) is 9.59 Å². The number of hydrogen-bond donors (Lipinski definition) is 2. The molecule has 1 unspecified atom stereocenters. The molecular formula is C18H20N6O2. The molecule has 0 aliphatic rings. The zero-order chi connectivity index (χ0) is 18.7. The fourth-order valence-corrected chi connectivity index (χ4v) is 2.83. The highest BCUT2D eigenvalue weighted by Gasteiger charge is 2.14. The Labute approximate surface area is 150 Å². The van der Waals surface area contributed by atoms with Gasteiger partial charge in [-0.2, -0.15) is 5.10 Å². The zero-order valence-corrected chi connectivity index (χ0v) is 14.9. The number of fused-ring (bicyclic) bond motifs is 1. The van der Waals surface area contributed by atoms with Gasteiger partial charge in [0.1, 0.15) is 0 Å². The summed E-state index contributed by atoms with van der Waals surface area (Å²) in [5, 5.41) is 11.2. The number of hydrogen-bond acceptors (Lipinski definition) is 5. The molecule has 2 aromatic heterocycles. The van der Waals surface area contributed by atoms with Crippen molar-refractivity contribution in [2.24, 2.45) is 7.05 Å². The van der Waals surface area contributed by atoms with E-state index in [1.807, 2.05) is 26.0 Å². The molecule has 0 saturated heterocycles. The van der Waals surface area contributed by atoms with Gasteiger partial charge >= 0.3 is 6.03 Å². The fraction of sp³-hybridized carbons (Fsp3) is 0.278. The minimum Gasteiger partial charge on any atom is -0.332 e. The molecule has 3 aromatic rings. The van der Waals surface area contributed by atoms with E-state index in [1.165, 1.54) is 4.68 Å². The summed E-state index contributed by atoms with van der Waals surface area (Å²) in [4.78, 5) is 32.8. The van der Waals surface area contributed by atoms with E-state index in [0.29, 0.717) is 16.8 Å². The highest BCUT2D eigenvalue weighted by Crippen LogP contribution is 2.13. The smallest absolute Gasteiger partial charge is 0.315 e. The number of rotatable bonds is 4. The van der Waals surface area contributed by atoms with Crippen molar-refractivity contribution in [2.45, 2.75) is 26.4 Å².